The van der Waals surface area contributed by atoms with E-state index in [4.69, 9.17) is 0 Å². The Bertz CT molecular complexity index is 833. The third-order valence-electron chi connectivity index (χ3n) is 3.51. The van der Waals surface area contributed by atoms with Gasteiger partial charge in [-0.15, -0.1) is 0 Å². The first kappa shape index (κ1) is 17.1. The van der Waals surface area contributed by atoms with Crippen LogP contribution in [-0.4, -0.2) is 16.1 Å². The quantitative estimate of drug-likeness (QED) is 0.454. The molecule has 0 aliphatic carbocycles. The molecule has 2 rings (SSSR count). The second-order valence-corrected chi connectivity index (χ2v) is 5.61. The van der Waals surface area contributed by atoms with Gasteiger partial charge in [-0.25, -0.2) is 0 Å². The number of carbonyl (C=O) groups is 1. The lowest BCUT2D eigenvalue weighted by molar-refractivity contribution is -0.112. The number of nitrogens with one attached hydrogen (secondary N) is 1. The molecule has 0 atom stereocenters. The first-order valence-electron chi connectivity index (χ1n) is 7.46. The summed E-state index contributed by atoms with van der Waals surface area (Å²) in [5, 5.41) is 30.8. The van der Waals surface area contributed by atoms with E-state index in [0.29, 0.717) is 11.3 Å². The Balaban J connectivity index is 2.28. The van der Waals surface area contributed by atoms with Gasteiger partial charge in [0, 0.05) is 5.69 Å². The molecule has 1 amide bonds. The van der Waals surface area contributed by atoms with E-state index in [0.717, 1.165) is 5.56 Å². The third-order valence-corrected chi connectivity index (χ3v) is 3.51. The number of para-hydroxylation sites is 1. The molecule has 0 aromatic heterocycles. The van der Waals surface area contributed by atoms with E-state index in [1.165, 1.54) is 24.3 Å². The topological polar surface area (TPSA) is 93.4 Å². The lowest BCUT2D eigenvalue weighted by Gasteiger charge is -2.13. The fourth-order valence-corrected chi connectivity index (χ4v) is 2.25. The number of rotatable bonds is 4. The summed E-state index contributed by atoms with van der Waals surface area (Å²) in [7, 11) is 0. The number of benzene rings is 2. The SMILES string of the molecule is CC(C)c1ccccc1NC(=O)/C(C#N)=C/c1ccc(O)c(O)c1. The van der Waals surface area contributed by atoms with Crippen molar-refractivity contribution in [2.24, 2.45) is 0 Å². The molecule has 0 aliphatic rings. The zero-order valence-electron chi connectivity index (χ0n) is 13.4. The van der Waals surface area contributed by atoms with Gasteiger partial charge in [0.25, 0.3) is 5.91 Å². The summed E-state index contributed by atoms with van der Waals surface area (Å²) in [5.41, 5.74) is 1.98. The maximum Gasteiger partial charge on any atom is 0.266 e. The molecule has 0 heterocycles. The fraction of sp³-hybridized carbons (Fsp3) is 0.158. The Kier molecular flexibility index (Phi) is 5.23. The zero-order valence-corrected chi connectivity index (χ0v) is 13.4. The number of amides is 1. The second-order valence-electron chi connectivity index (χ2n) is 5.61. The van der Waals surface area contributed by atoms with Gasteiger partial charge in [0.05, 0.1) is 0 Å². The molecule has 0 spiro atoms. The molecule has 0 aliphatic heterocycles. The lowest BCUT2D eigenvalue weighted by Crippen LogP contribution is -2.15. The van der Waals surface area contributed by atoms with Crippen LogP contribution in [-0.2, 0) is 4.79 Å². The zero-order chi connectivity index (χ0) is 17.7. The molecule has 0 fully saturated rings. The molecule has 5 heteroatoms. The number of anilines is 1. The van der Waals surface area contributed by atoms with Crippen LogP contribution in [0.4, 0.5) is 5.69 Å². The normalized spacial score (nSPS) is 11.2. The van der Waals surface area contributed by atoms with Crippen molar-refractivity contribution in [1.82, 2.24) is 0 Å². The monoisotopic (exact) mass is 322 g/mol. The standard InChI is InChI=1S/C19H18N2O3/c1-12(2)15-5-3-4-6-16(15)21-19(24)14(11-20)9-13-7-8-17(22)18(23)10-13/h3-10,12,22-23H,1-2H3,(H,21,24)/b14-9+. The maximum absolute atomic E-state index is 12.4. The van der Waals surface area contributed by atoms with Crippen molar-refractivity contribution in [3.05, 3.63) is 59.2 Å². The van der Waals surface area contributed by atoms with Gasteiger partial charge in [-0.2, -0.15) is 5.26 Å². The van der Waals surface area contributed by atoms with Crippen molar-refractivity contribution in [2.75, 3.05) is 5.32 Å². The van der Waals surface area contributed by atoms with Crippen molar-refractivity contribution >= 4 is 17.7 Å². The van der Waals surface area contributed by atoms with Crippen LogP contribution in [0.15, 0.2) is 48.0 Å². The third kappa shape index (κ3) is 3.93. The lowest BCUT2D eigenvalue weighted by atomic mass is 10.0. The van der Waals surface area contributed by atoms with Crippen molar-refractivity contribution in [2.45, 2.75) is 19.8 Å². The van der Waals surface area contributed by atoms with Crippen molar-refractivity contribution in [1.29, 1.82) is 5.26 Å². The average Bonchev–Trinajstić information content (AvgIpc) is 2.56. The van der Waals surface area contributed by atoms with Gasteiger partial charge in [-0.05, 0) is 41.3 Å². The number of carbonyl (C=O) groups excluding carboxylic acids is 1. The van der Waals surface area contributed by atoms with Crippen LogP contribution >= 0.6 is 0 Å². The Morgan fingerprint density at radius 3 is 2.50 bits per heavy atom. The Morgan fingerprint density at radius 1 is 1.17 bits per heavy atom. The van der Waals surface area contributed by atoms with Crippen LogP contribution in [0.25, 0.3) is 6.08 Å². The molecule has 122 valence electrons. The fourth-order valence-electron chi connectivity index (χ4n) is 2.25. The minimum absolute atomic E-state index is 0.0985. The molecule has 2 aromatic carbocycles. The largest absolute Gasteiger partial charge is 0.504 e. The number of hydrogen-bond acceptors (Lipinski definition) is 4. The molecule has 0 saturated heterocycles. The first-order chi connectivity index (χ1) is 11.4. The number of phenols is 2. The van der Waals surface area contributed by atoms with E-state index in [9.17, 15) is 20.3 Å². The summed E-state index contributed by atoms with van der Waals surface area (Å²) >= 11 is 0. The average molecular weight is 322 g/mol. The minimum Gasteiger partial charge on any atom is -0.504 e. The summed E-state index contributed by atoms with van der Waals surface area (Å²) in [6, 6.07) is 13.4. The van der Waals surface area contributed by atoms with E-state index in [-0.39, 0.29) is 23.0 Å². The van der Waals surface area contributed by atoms with Gasteiger partial charge in [0.1, 0.15) is 11.6 Å². The van der Waals surface area contributed by atoms with Crippen molar-refractivity contribution in [3.8, 4) is 17.6 Å². The van der Waals surface area contributed by atoms with Crippen LogP contribution in [0.5, 0.6) is 11.5 Å². The molecule has 0 bridgehead atoms. The summed E-state index contributed by atoms with van der Waals surface area (Å²) in [6.07, 6.45) is 1.35. The van der Waals surface area contributed by atoms with Crippen molar-refractivity contribution in [3.63, 3.8) is 0 Å². The van der Waals surface area contributed by atoms with E-state index in [2.05, 4.69) is 5.32 Å². The number of nitriles is 1. The summed E-state index contributed by atoms with van der Waals surface area (Å²) < 4.78 is 0. The van der Waals surface area contributed by atoms with Crippen LogP contribution in [0.3, 0.4) is 0 Å². The molecule has 0 saturated carbocycles. The van der Waals surface area contributed by atoms with Crippen LogP contribution in [0, 0.1) is 11.3 Å². The van der Waals surface area contributed by atoms with E-state index in [1.807, 2.05) is 38.1 Å². The maximum atomic E-state index is 12.4. The number of hydrogen-bond donors (Lipinski definition) is 3. The highest BCUT2D eigenvalue weighted by Gasteiger charge is 2.13. The molecule has 0 unspecified atom stereocenters. The Hall–Kier alpha value is -3.26. The highest BCUT2D eigenvalue weighted by atomic mass is 16.3. The molecule has 3 N–H and O–H groups in total. The molecule has 5 nitrogen and oxygen atoms in total. The Morgan fingerprint density at radius 2 is 1.88 bits per heavy atom. The van der Waals surface area contributed by atoms with Gasteiger partial charge in [-0.3, -0.25) is 4.79 Å². The van der Waals surface area contributed by atoms with Crippen LogP contribution in [0.2, 0.25) is 0 Å². The molecular weight excluding hydrogens is 304 g/mol. The number of phenolic OH excluding ortho intramolecular Hbond substituents is 2. The summed E-state index contributed by atoms with van der Waals surface area (Å²) in [6.45, 7) is 4.04. The molecule has 24 heavy (non-hydrogen) atoms. The summed E-state index contributed by atoms with van der Waals surface area (Å²) in [5.74, 6) is -0.879. The van der Waals surface area contributed by atoms with E-state index in [1.54, 1.807) is 6.07 Å². The van der Waals surface area contributed by atoms with Gasteiger partial charge >= 0.3 is 0 Å². The van der Waals surface area contributed by atoms with Crippen molar-refractivity contribution < 1.29 is 15.0 Å². The van der Waals surface area contributed by atoms with Gasteiger partial charge in [-0.1, -0.05) is 38.1 Å². The smallest absolute Gasteiger partial charge is 0.266 e. The van der Waals surface area contributed by atoms with Gasteiger partial charge < -0.3 is 15.5 Å². The second kappa shape index (κ2) is 7.34. The molecule has 0 radical (unpaired) electrons. The minimum atomic E-state index is -0.529. The number of nitrogens with zero attached hydrogens (tertiary/aromatic N) is 1. The first-order valence-corrected chi connectivity index (χ1v) is 7.46. The number of aromatic hydroxyl groups is 2. The predicted molar refractivity (Wildman–Crippen MR) is 92.5 cm³/mol. The Labute approximate surface area is 140 Å². The van der Waals surface area contributed by atoms with E-state index < -0.39 is 5.91 Å². The van der Waals surface area contributed by atoms with Crippen LogP contribution in [0.1, 0.15) is 30.9 Å². The molecular formula is C19H18N2O3. The highest BCUT2D eigenvalue weighted by Crippen LogP contribution is 2.27. The predicted octanol–water partition coefficient (Wildman–Crippen LogP) is 3.77. The van der Waals surface area contributed by atoms with Gasteiger partial charge in [0.15, 0.2) is 11.5 Å². The van der Waals surface area contributed by atoms with Crippen LogP contribution < -0.4 is 5.32 Å². The van der Waals surface area contributed by atoms with E-state index >= 15 is 0 Å². The highest BCUT2D eigenvalue weighted by molar-refractivity contribution is 6.10. The summed E-state index contributed by atoms with van der Waals surface area (Å²) in [4.78, 5) is 12.4. The van der Waals surface area contributed by atoms with Gasteiger partial charge in [0.2, 0.25) is 0 Å². The molecule has 2 aromatic rings.